The Morgan fingerprint density at radius 3 is 1.52 bits per heavy atom. The fourth-order valence-corrected chi connectivity index (χ4v) is 2.73. The smallest absolute Gasteiger partial charge is 0.336 e. The second-order valence-corrected chi connectivity index (χ2v) is 8.96. The summed E-state index contributed by atoms with van der Waals surface area (Å²) < 4.78 is 2.61. The molecule has 186 valence electrons. The van der Waals surface area contributed by atoms with Crippen molar-refractivity contribution in [2.45, 2.75) is 67.6 Å². The van der Waals surface area contributed by atoms with Crippen molar-refractivity contribution >= 4 is 17.7 Å². The van der Waals surface area contributed by atoms with Crippen molar-refractivity contribution < 1.29 is 14.4 Å². The van der Waals surface area contributed by atoms with Crippen molar-refractivity contribution in [3.63, 3.8) is 0 Å². The van der Waals surface area contributed by atoms with Gasteiger partial charge in [0.1, 0.15) is 0 Å². The van der Waals surface area contributed by atoms with Crippen molar-refractivity contribution in [1.82, 2.24) is 29.7 Å². The predicted octanol–water partition coefficient (Wildman–Crippen LogP) is -1.37. The zero-order chi connectivity index (χ0) is 25.3. The first-order valence-electron chi connectivity index (χ1n) is 11.1. The zero-order valence-corrected chi connectivity index (χ0v) is 20.3. The number of carbonyl (C=O) groups excluding carboxylic acids is 3. The van der Waals surface area contributed by atoms with Crippen LogP contribution >= 0.6 is 0 Å². The summed E-state index contributed by atoms with van der Waals surface area (Å²) in [7, 11) is 0. The molecule has 0 aliphatic heterocycles. The van der Waals surface area contributed by atoms with Gasteiger partial charge >= 0.3 is 17.1 Å². The number of hydrogen-bond acceptors (Lipinski definition) is 6. The summed E-state index contributed by atoms with van der Waals surface area (Å²) in [5.74, 6) is -0.981. The Kier molecular flexibility index (Phi) is 10.3. The lowest BCUT2D eigenvalue weighted by Gasteiger charge is -2.18. The molecular formula is C21H36N6O6. The normalized spacial score (nSPS) is 11.4. The number of nitrogens with one attached hydrogen (secondary N) is 3. The minimum atomic E-state index is -0.831. The molecule has 1 aromatic rings. The summed E-state index contributed by atoms with van der Waals surface area (Å²) in [4.78, 5) is 74.0. The first kappa shape index (κ1) is 27.9. The Hall–Kier alpha value is -3.18. The standard InChI is InChI=1S/C21H36N6O6/c1-7-15(28)22-8-11-25-18(31)26(12-9-23-16(29)14(2)3)20(33)27(19(25)32)13-10-24-17(30)21(4,5)6/h14H,7-13H2,1-6H3,(H,22,28)(H,23,29)(H,24,30). The first-order valence-corrected chi connectivity index (χ1v) is 11.1. The van der Waals surface area contributed by atoms with Crippen LogP contribution in [0.25, 0.3) is 0 Å². The molecule has 0 spiro atoms. The molecule has 0 aliphatic rings. The van der Waals surface area contributed by atoms with Crippen LogP contribution in [0.1, 0.15) is 48.0 Å². The summed E-state index contributed by atoms with van der Waals surface area (Å²) in [5.41, 5.74) is -3.13. The van der Waals surface area contributed by atoms with E-state index in [2.05, 4.69) is 16.0 Å². The van der Waals surface area contributed by atoms with Gasteiger partial charge in [0.15, 0.2) is 0 Å². The van der Waals surface area contributed by atoms with E-state index in [1.807, 2.05) is 0 Å². The van der Waals surface area contributed by atoms with Crippen molar-refractivity contribution in [3.05, 3.63) is 31.5 Å². The molecule has 0 saturated carbocycles. The summed E-state index contributed by atoms with van der Waals surface area (Å²) >= 11 is 0. The Bertz CT molecular complexity index is 1030. The molecule has 0 aliphatic carbocycles. The molecule has 0 atom stereocenters. The molecule has 1 heterocycles. The Morgan fingerprint density at radius 2 is 1.15 bits per heavy atom. The van der Waals surface area contributed by atoms with Crippen molar-refractivity contribution in [3.8, 4) is 0 Å². The summed E-state index contributed by atoms with van der Waals surface area (Å²) in [6.07, 6.45) is 0.252. The first-order chi connectivity index (χ1) is 15.3. The van der Waals surface area contributed by atoms with Gasteiger partial charge in [-0.3, -0.25) is 14.4 Å². The van der Waals surface area contributed by atoms with Gasteiger partial charge in [-0.05, 0) is 0 Å². The van der Waals surface area contributed by atoms with Crippen molar-refractivity contribution in [2.24, 2.45) is 11.3 Å². The molecule has 33 heavy (non-hydrogen) atoms. The van der Waals surface area contributed by atoms with Crippen LogP contribution in [0.3, 0.4) is 0 Å². The van der Waals surface area contributed by atoms with E-state index in [4.69, 9.17) is 0 Å². The molecule has 0 fully saturated rings. The van der Waals surface area contributed by atoms with E-state index in [0.29, 0.717) is 0 Å². The average Bonchev–Trinajstić information content (AvgIpc) is 2.73. The van der Waals surface area contributed by atoms with E-state index in [-0.39, 0.29) is 69.3 Å². The van der Waals surface area contributed by atoms with Crippen LogP contribution in [-0.4, -0.2) is 51.1 Å². The van der Waals surface area contributed by atoms with Gasteiger partial charge in [0.2, 0.25) is 17.7 Å². The third-order valence-corrected chi connectivity index (χ3v) is 4.83. The van der Waals surface area contributed by atoms with Gasteiger partial charge in [-0.15, -0.1) is 0 Å². The maximum absolute atomic E-state index is 12.9. The van der Waals surface area contributed by atoms with Crippen LogP contribution in [0.15, 0.2) is 14.4 Å². The highest BCUT2D eigenvalue weighted by atomic mass is 16.2. The third-order valence-electron chi connectivity index (χ3n) is 4.83. The van der Waals surface area contributed by atoms with E-state index in [1.54, 1.807) is 41.5 Å². The lowest BCUT2D eigenvalue weighted by atomic mass is 9.96. The second-order valence-electron chi connectivity index (χ2n) is 8.96. The van der Waals surface area contributed by atoms with Gasteiger partial charge in [-0.1, -0.05) is 41.5 Å². The van der Waals surface area contributed by atoms with Gasteiger partial charge in [0, 0.05) is 57.0 Å². The van der Waals surface area contributed by atoms with Gasteiger partial charge in [0.25, 0.3) is 0 Å². The number of amides is 3. The van der Waals surface area contributed by atoms with Crippen LogP contribution in [-0.2, 0) is 34.0 Å². The van der Waals surface area contributed by atoms with Crippen LogP contribution in [0.5, 0.6) is 0 Å². The highest BCUT2D eigenvalue weighted by molar-refractivity contribution is 5.81. The molecule has 0 saturated heterocycles. The summed E-state index contributed by atoms with van der Waals surface area (Å²) in [6.45, 7) is 9.97. The Labute approximate surface area is 192 Å². The van der Waals surface area contributed by atoms with E-state index < -0.39 is 22.5 Å². The van der Waals surface area contributed by atoms with Crippen molar-refractivity contribution in [1.29, 1.82) is 0 Å². The van der Waals surface area contributed by atoms with Crippen LogP contribution < -0.4 is 33.0 Å². The molecule has 3 amide bonds. The fourth-order valence-electron chi connectivity index (χ4n) is 2.73. The number of rotatable bonds is 11. The number of hydrogen-bond donors (Lipinski definition) is 3. The van der Waals surface area contributed by atoms with Crippen molar-refractivity contribution in [2.75, 3.05) is 19.6 Å². The second kappa shape index (κ2) is 12.2. The molecule has 12 heteroatoms. The molecule has 0 bridgehead atoms. The summed E-state index contributed by atoms with van der Waals surface area (Å²) in [5, 5.41) is 7.88. The molecule has 0 unspecified atom stereocenters. The monoisotopic (exact) mass is 468 g/mol. The van der Waals surface area contributed by atoms with Gasteiger partial charge in [-0.2, -0.15) is 0 Å². The fraction of sp³-hybridized carbons (Fsp3) is 0.714. The lowest BCUT2D eigenvalue weighted by Crippen LogP contribution is -2.56. The van der Waals surface area contributed by atoms with E-state index in [0.717, 1.165) is 13.7 Å². The van der Waals surface area contributed by atoms with Gasteiger partial charge in [0.05, 0.1) is 0 Å². The Morgan fingerprint density at radius 1 is 0.758 bits per heavy atom. The maximum Gasteiger partial charge on any atom is 0.336 e. The summed E-state index contributed by atoms with van der Waals surface area (Å²) in [6, 6.07) is 0. The maximum atomic E-state index is 12.9. The molecule has 0 aromatic carbocycles. The van der Waals surface area contributed by atoms with Gasteiger partial charge in [-0.25, -0.2) is 28.1 Å². The molecule has 0 radical (unpaired) electrons. The van der Waals surface area contributed by atoms with Gasteiger partial charge < -0.3 is 16.0 Å². The average molecular weight is 469 g/mol. The topological polar surface area (TPSA) is 153 Å². The number of nitrogens with zero attached hydrogens (tertiary/aromatic N) is 3. The molecule has 3 N–H and O–H groups in total. The van der Waals surface area contributed by atoms with Crippen LogP contribution in [0.2, 0.25) is 0 Å². The SMILES string of the molecule is CCC(=O)NCCn1c(=O)n(CCNC(=O)C(C)C)c(=O)n(CCNC(=O)C(C)(C)C)c1=O. The van der Waals surface area contributed by atoms with Crippen LogP contribution in [0, 0.1) is 11.3 Å². The number of aromatic nitrogens is 3. The van der Waals surface area contributed by atoms with Crippen LogP contribution in [0.4, 0.5) is 0 Å². The number of carbonyl (C=O) groups is 3. The molecule has 1 aromatic heterocycles. The quantitative estimate of drug-likeness (QED) is 0.364. The molecule has 1 rings (SSSR count). The third kappa shape index (κ3) is 8.03. The molecule has 12 nitrogen and oxygen atoms in total. The highest BCUT2D eigenvalue weighted by Gasteiger charge is 2.21. The highest BCUT2D eigenvalue weighted by Crippen LogP contribution is 2.11. The Balaban J connectivity index is 3.22. The lowest BCUT2D eigenvalue weighted by molar-refractivity contribution is -0.128. The minimum absolute atomic E-state index is 0.0140. The zero-order valence-electron chi connectivity index (χ0n) is 20.3. The largest absolute Gasteiger partial charge is 0.354 e. The minimum Gasteiger partial charge on any atom is -0.354 e. The van der Waals surface area contributed by atoms with E-state index >= 15 is 0 Å². The van der Waals surface area contributed by atoms with E-state index in [1.165, 1.54) is 0 Å². The molecular weight excluding hydrogens is 432 g/mol. The predicted molar refractivity (Wildman–Crippen MR) is 123 cm³/mol. The van der Waals surface area contributed by atoms with E-state index in [9.17, 15) is 28.8 Å².